The Labute approximate surface area is 140 Å². The van der Waals surface area contributed by atoms with Gasteiger partial charge in [-0.3, -0.25) is 4.79 Å². The molecule has 0 radical (unpaired) electrons. The van der Waals surface area contributed by atoms with E-state index in [9.17, 15) is 4.79 Å². The molecule has 1 aromatic heterocycles. The molecule has 1 heterocycles. The second kappa shape index (κ2) is 8.57. The Hall–Kier alpha value is -2.02. The quantitative estimate of drug-likeness (QED) is 0.440. The molecule has 23 heavy (non-hydrogen) atoms. The first-order valence-corrected chi connectivity index (χ1v) is 8.77. The predicted octanol–water partition coefficient (Wildman–Crippen LogP) is 2.37. The number of nitrogens with zero attached hydrogens (tertiary/aromatic N) is 3. The van der Waals surface area contributed by atoms with Crippen LogP contribution in [0.15, 0.2) is 29.4 Å². The second-order valence-corrected chi connectivity index (χ2v) is 6.33. The van der Waals surface area contributed by atoms with Gasteiger partial charge in [-0.15, -0.1) is 10.2 Å². The van der Waals surface area contributed by atoms with Gasteiger partial charge in [0.25, 0.3) is 0 Å². The van der Waals surface area contributed by atoms with Crippen LogP contribution >= 0.6 is 11.8 Å². The lowest BCUT2D eigenvalue weighted by molar-refractivity contribution is -0.118. The van der Waals surface area contributed by atoms with Gasteiger partial charge in [0, 0.05) is 12.1 Å². The fourth-order valence-corrected chi connectivity index (χ4v) is 2.75. The van der Waals surface area contributed by atoms with E-state index in [0.29, 0.717) is 11.0 Å². The molecular formula is C16H23N5OS. The number of aryl methyl sites for hydroxylation is 1. The minimum Gasteiger partial charge on any atom is -0.355 e. The van der Waals surface area contributed by atoms with Crippen molar-refractivity contribution in [3.63, 3.8) is 0 Å². The van der Waals surface area contributed by atoms with Gasteiger partial charge in [0.2, 0.25) is 11.1 Å². The Kier molecular flexibility index (Phi) is 6.46. The summed E-state index contributed by atoms with van der Waals surface area (Å²) < 4.78 is 1.43. The van der Waals surface area contributed by atoms with E-state index >= 15 is 0 Å². The van der Waals surface area contributed by atoms with Crippen molar-refractivity contribution >= 4 is 17.7 Å². The molecular weight excluding hydrogens is 310 g/mol. The van der Waals surface area contributed by atoms with Crippen LogP contribution in [0.4, 0.5) is 0 Å². The number of rotatable bonds is 8. The zero-order chi connectivity index (χ0) is 16.7. The van der Waals surface area contributed by atoms with Gasteiger partial charge in [-0.25, -0.2) is 4.68 Å². The van der Waals surface area contributed by atoms with Crippen LogP contribution in [0.25, 0.3) is 11.4 Å². The maximum absolute atomic E-state index is 11.8. The maximum Gasteiger partial charge on any atom is 0.230 e. The minimum atomic E-state index is -0.00834. The third-order valence-corrected chi connectivity index (χ3v) is 4.35. The van der Waals surface area contributed by atoms with Crippen LogP contribution in [0.1, 0.15) is 31.7 Å². The summed E-state index contributed by atoms with van der Waals surface area (Å²) in [5, 5.41) is 11.6. The Bertz CT molecular complexity index is 638. The van der Waals surface area contributed by atoms with Crippen molar-refractivity contribution in [1.29, 1.82) is 0 Å². The predicted molar refractivity (Wildman–Crippen MR) is 93.6 cm³/mol. The van der Waals surface area contributed by atoms with Gasteiger partial charge in [-0.2, -0.15) is 0 Å². The summed E-state index contributed by atoms with van der Waals surface area (Å²) in [6, 6.07) is 7.91. The number of amides is 1. The molecule has 0 aliphatic carbocycles. The number of nitrogens with two attached hydrogens (primary N) is 1. The zero-order valence-electron chi connectivity index (χ0n) is 13.6. The summed E-state index contributed by atoms with van der Waals surface area (Å²) in [5.74, 6) is 6.91. The lowest BCUT2D eigenvalue weighted by Crippen LogP contribution is -2.26. The van der Waals surface area contributed by atoms with Gasteiger partial charge in [0.1, 0.15) is 0 Å². The van der Waals surface area contributed by atoms with E-state index in [1.54, 1.807) is 0 Å². The highest BCUT2D eigenvalue weighted by Gasteiger charge is 2.13. The van der Waals surface area contributed by atoms with Crippen molar-refractivity contribution in [3.05, 3.63) is 29.8 Å². The van der Waals surface area contributed by atoms with Crippen LogP contribution in [0.2, 0.25) is 0 Å². The van der Waals surface area contributed by atoms with Crippen molar-refractivity contribution in [2.75, 3.05) is 18.1 Å². The van der Waals surface area contributed by atoms with Crippen molar-refractivity contribution in [2.24, 2.45) is 0 Å². The molecule has 2 rings (SSSR count). The normalized spacial score (nSPS) is 10.7. The zero-order valence-corrected chi connectivity index (χ0v) is 14.4. The molecule has 0 saturated heterocycles. The SMILES string of the molecule is CCCCCNC(=O)CSc1nnc(-c2ccc(C)cc2)n1N. The van der Waals surface area contributed by atoms with E-state index in [0.717, 1.165) is 31.4 Å². The van der Waals surface area contributed by atoms with Crippen molar-refractivity contribution < 1.29 is 4.79 Å². The monoisotopic (exact) mass is 333 g/mol. The Balaban J connectivity index is 1.89. The fourth-order valence-electron chi connectivity index (χ4n) is 2.06. The first-order chi connectivity index (χ1) is 11.1. The lowest BCUT2D eigenvalue weighted by atomic mass is 10.1. The van der Waals surface area contributed by atoms with E-state index in [1.807, 2.05) is 31.2 Å². The molecule has 0 bridgehead atoms. The van der Waals surface area contributed by atoms with Gasteiger partial charge in [0.05, 0.1) is 5.75 Å². The Morgan fingerprint density at radius 2 is 2.00 bits per heavy atom. The number of carbonyl (C=O) groups is 1. The van der Waals surface area contributed by atoms with E-state index in [-0.39, 0.29) is 11.7 Å². The summed E-state index contributed by atoms with van der Waals surface area (Å²) >= 11 is 1.29. The molecule has 0 spiro atoms. The van der Waals surface area contributed by atoms with Crippen LogP contribution < -0.4 is 11.2 Å². The molecule has 0 aliphatic rings. The van der Waals surface area contributed by atoms with Crippen LogP contribution in [-0.2, 0) is 4.79 Å². The highest BCUT2D eigenvalue weighted by atomic mass is 32.2. The third kappa shape index (κ3) is 4.99. The number of nitrogen functional groups attached to an aromatic ring is 1. The summed E-state index contributed by atoms with van der Waals surface area (Å²) in [7, 11) is 0. The maximum atomic E-state index is 11.8. The standard InChI is InChI=1S/C16H23N5OS/c1-3-4-5-10-18-14(22)11-23-16-20-19-15(21(16)17)13-8-6-12(2)7-9-13/h6-9H,3-5,10-11,17H2,1-2H3,(H,18,22). The molecule has 124 valence electrons. The molecule has 0 saturated carbocycles. The average Bonchev–Trinajstić information content (AvgIpc) is 2.91. The van der Waals surface area contributed by atoms with Crippen LogP contribution in [0, 0.1) is 6.92 Å². The number of aromatic nitrogens is 3. The average molecular weight is 333 g/mol. The molecule has 0 aliphatic heterocycles. The highest BCUT2D eigenvalue weighted by molar-refractivity contribution is 7.99. The van der Waals surface area contributed by atoms with E-state index in [4.69, 9.17) is 5.84 Å². The molecule has 2 aromatic rings. The molecule has 1 amide bonds. The number of carbonyl (C=O) groups excluding carboxylic acids is 1. The van der Waals surface area contributed by atoms with Gasteiger partial charge < -0.3 is 11.2 Å². The smallest absolute Gasteiger partial charge is 0.230 e. The molecule has 0 fully saturated rings. The van der Waals surface area contributed by atoms with Gasteiger partial charge in [-0.1, -0.05) is 61.4 Å². The Morgan fingerprint density at radius 3 is 2.70 bits per heavy atom. The van der Waals surface area contributed by atoms with E-state index in [1.165, 1.54) is 22.0 Å². The van der Waals surface area contributed by atoms with Crippen LogP contribution in [0.3, 0.4) is 0 Å². The van der Waals surface area contributed by atoms with E-state index in [2.05, 4.69) is 22.4 Å². The van der Waals surface area contributed by atoms with Crippen LogP contribution in [0.5, 0.6) is 0 Å². The molecule has 6 nitrogen and oxygen atoms in total. The lowest BCUT2D eigenvalue weighted by Gasteiger charge is -2.05. The van der Waals surface area contributed by atoms with Crippen molar-refractivity contribution in [2.45, 2.75) is 38.3 Å². The summed E-state index contributed by atoms with van der Waals surface area (Å²) in [6.45, 7) is 4.88. The molecule has 1 aromatic carbocycles. The van der Waals surface area contributed by atoms with Gasteiger partial charge in [0.15, 0.2) is 5.82 Å². The first-order valence-electron chi connectivity index (χ1n) is 7.79. The topological polar surface area (TPSA) is 85.8 Å². The molecule has 0 atom stereocenters. The number of nitrogens with one attached hydrogen (secondary N) is 1. The molecule has 0 unspecified atom stereocenters. The summed E-state index contributed by atoms with van der Waals surface area (Å²) in [5.41, 5.74) is 2.08. The fraction of sp³-hybridized carbons (Fsp3) is 0.438. The number of benzene rings is 1. The number of thioether (sulfide) groups is 1. The van der Waals surface area contributed by atoms with Crippen molar-refractivity contribution in [3.8, 4) is 11.4 Å². The van der Waals surface area contributed by atoms with E-state index < -0.39 is 0 Å². The number of hydrogen-bond acceptors (Lipinski definition) is 5. The van der Waals surface area contributed by atoms with Crippen molar-refractivity contribution in [1.82, 2.24) is 20.2 Å². The second-order valence-electron chi connectivity index (χ2n) is 5.39. The molecule has 7 heteroatoms. The Morgan fingerprint density at radius 1 is 1.26 bits per heavy atom. The van der Waals surface area contributed by atoms with Gasteiger partial charge in [-0.05, 0) is 13.3 Å². The van der Waals surface area contributed by atoms with Crippen LogP contribution in [-0.4, -0.2) is 33.1 Å². The summed E-state index contributed by atoms with van der Waals surface area (Å²) in [4.78, 5) is 11.8. The molecule has 3 N–H and O–H groups in total. The van der Waals surface area contributed by atoms with Gasteiger partial charge >= 0.3 is 0 Å². The minimum absolute atomic E-state index is 0.00834. The first kappa shape index (κ1) is 17.3. The number of hydrogen-bond donors (Lipinski definition) is 2. The number of unbranched alkanes of at least 4 members (excludes halogenated alkanes) is 2. The highest BCUT2D eigenvalue weighted by Crippen LogP contribution is 2.21. The summed E-state index contributed by atoms with van der Waals surface area (Å²) in [6.07, 6.45) is 3.28. The largest absolute Gasteiger partial charge is 0.355 e. The third-order valence-electron chi connectivity index (χ3n) is 3.41.